The van der Waals surface area contributed by atoms with Crippen LogP contribution in [0.15, 0.2) is 30.4 Å². The molecule has 3 unspecified atom stereocenters. The Balaban J connectivity index is 1.85. The summed E-state index contributed by atoms with van der Waals surface area (Å²) in [5, 5.41) is 29.9. The van der Waals surface area contributed by atoms with Gasteiger partial charge in [0.1, 0.15) is 5.75 Å². The molecule has 1 aliphatic heterocycles. The van der Waals surface area contributed by atoms with Crippen LogP contribution < -0.4 is 0 Å². The first-order chi connectivity index (χ1) is 10.6. The van der Waals surface area contributed by atoms with Crippen molar-refractivity contribution in [3.8, 4) is 5.75 Å². The van der Waals surface area contributed by atoms with Gasteiger partial charge in [0, 0.05) is 12.0 Å². The number of hydrogen-bond acceptors (Lipinski definition) is 4. The third-order valence-corrected chi connectivity index (χ3v) is 4.12. The zero-order chi connectivity index (χ0) is 15.9. The summed E-state index contributed by atoms with van der Waals surface area (Å²) in [6, 6.07) is 5.30. The second-order valence-corrected chi connectivity index (χ2v) is 5.86. The number of allylic oxidation sites excluding steroid dienone is 1. The third kappa shape index (κ3) is 4.32. The van der Waals surface area contributed by atoms with E-state index in [4.69, 9.17) is 4.74 Å². The molecule has 4 nitrogen and oxygen atoms in total. The number of benzene rings is 1. The Bertz CT molecular complexity index is 498. The van der Waals surface area contributed by atoms with Gasteiger partial charge in [-0.1, -0.05) is 44.1 Å². The van der Waals surface area contributed by atoms with Gasteiger partial charge < -0.3 is 20.1 Å². The maximum Gasteiger partial charge on any atom is 0.121 e. The standard InChI is InChI=1S/C18H26O4/c1-2-3-4-5-6-9-16(20)17(21)11-18-13-8-7-10-15(19)14(13)12-22-18/h6-10,16-21H,2-5,11-12H2,1H3. The predicted octanol–water partition coefficient (Wildman–Crippen LogP) is 3.21. The molecule has 122 valence electrons. The van der Waals surface area contributed by atoms with Gasteiger partial charge in [-0.3, -0.25) is 0 Å². The van der Waals surface area contributed by atoms with E-state index >= 15 is 0 Å². The van der Waals surface area contributed by atoms with Gasteiger partial charge in [-0.25, -0.2) is 0 Å². The molecule has 3 atom stereocenters. The highest BCUT2D eigenvalue weighted by Crippen LogP contribution is 2.38. The van der Waals surface area contributed by atoms with E-state index in [9.17, 15) is 15.3 Å². The van der Waals surface area contributed by atoms with Crippen LogP contribution in [0.5, 0.6) is 5.75 Å². The summed E-state index contributed by atoms with van der Waals surface area (Å²) in [4.78, 5) is 0. The lowest BCUT2D eigenvalue weighted by atomic mass is 9.98. The molecule has 4 heteroatoms. The number of unbranched alkanes of at least 4 members (excludes halogenated alkanes) is 3. The van der Waals surface area contributed by atoms with E-state index in [0.29, 0.717) is 13.0 Å². The molecule has 0 amide bonds. The highest BCUT2D eigenvalue weighted by molar-refractivity contribution is 5.42. The number of rotatable bonds is 8. The van der Waals surface area contributed by atoms with Crippen LogP contribution >= 0.6 is 0 Å². The number of aliphatic hydroxyl groups excluding tert-OH is 2. The normalized spacial score (nSPS) is 20.2. The summed E-state index contributed by atoms with van der Waals surface area (Å²) < 4.78 is 5.63. The van der Waals surface area contributed by atoms with Gasteiger partial charge in [-0.2, -0.15) is 0 Å². The smallest absolute Gasteiger partial charge is 0.121 e. The van der Waals surface area contributed by atoms with Crippen molar-refractivity contribution < 1.29 is 20.1 Å². The van der Waals surface area contributed by atoms with Gasteiger partial charge >= 0.3 is 0 Å². The zero-order valence-corrected chi connectivity index (χ0v) is 13.1. The number of aromatic hydroxyl groups is 1. The monoisotopic (exact) mass is 306 g/mol. The first-order valence-electron chi connectivity index (χ1n) is 8.08. The molecule has 0 saturated carbocycles. The first-order valence-corrected chi connectivity index (χ1v) is 8.08. The van der Waals surface area contributed by atoms with E-state index in [1.807, 2.05) is 12.1 Å². The van der Waals surface area contributed by atoms with Crippen molar-refractivity contribution >= 4 is 0 Å². The molecule has 0 fully saturated rings. The molecule has 1 aromatic carbocycles. The fraction of sp³-hybridized carbons (Fsp3) is 0.556. The molecule has 1 heterocycles. The van der Waals surface area contributed by atoms with Gasteiger partial charge in [0.2, 0.25) is 0 Å². The fourth-order valence-electron chi connectivity index (χ4n) is 2.75. The third-order valence-electron chi connectivity index (χ3n) is 4.12. The van der Waals surface area contributed by atoms with E-state index in [0.717, 1.165) is 24.0 Å². The Labute approximate surface area is 132 Å². The maximum atomic E-state index is 10.1. The molecular weight excluding hydrogens is 280 g/mol. The Morgan fingerprint density at radius 3 is 2.91 bits per heavy atom. The van der Waals surface area contributed by atoms with Gasteiger partial charge in [-0.15, -0.1) is 0 Å². The molecule has 3 N–H and O–H groups in total. The Hall–Kier alpha value is -1.36. The highest BCUT2D eigenvalue weighted by Gasteiger charge is 2.29. The van der Waals surface area contributed by atoms with Crippen LogP contribution in [0.3, 0.4) is 0 Å². The molecule has 0 spiro atoms. The van der Waals surface area contributed by atoms with Crippen LogP contribution in [-0.4, -0.2) is 27.5 Å². The summed E-state index contributed by atoms with van der Waals surface area (Å²) in [5.41, 5.74) is 1.68. The van der Waals surface area contributed by atoms with E-state index in [1.54, 1.807) is 18.2 Å². The fourth-order valence-corrected chi connectivity index (χ4v) is 2.75. The van der Waals surface area contributed by atoms with Crippen LogP contribution in [-0.2, 0) is 11.3 Å². The largest absolute Gasteiger partial charge is 0.508 e. The average molecular weight is 306 g/mol. The van der Waals surface area contributed by atoms with Crippen molar-refractivity contribution in [2.75, 3.05) is 0 Å². The lowest BCUT2D eigenvalue weighted by molar-refractivity contribution is -0.0152. The van der Waals surface area contributed by atoms with Crippen molar-refractivity contribution in [2.45, 2.75) is 63.9 Å². The van der Waals surface area contributed by atoms with E-state index in [2.05, 4.69) is 6.92 Å². The Kier molecular flexibility index (Phi) is 6.43. The SMILES string of the molecule is CCCCCC=CC(O)C(O)CC1OCc2c(O)cccc21. The number of ether oxygens (including phenoxy) is 1. The van der Waals surface area contributed by atoms with Gasteiger partial charge in [0.15, 0.2) is 0 Å². The van der Waals surface area contributed by atoms with Crippen LogP contribution in [0.4, 0.5) is 0 Å². The molecule has 1 aliphatic rings. The van der Waals surface area contributed by atoms with Gasteiger partial charge in [0.25, 0.3) is 0 Å². The summed E-state index contributed by atoms with van der Waals surface area (Å²) in [6.07, 6.45) is 6.26. The van der Waals surface area contributed by atoms with Crippen LogP contribution in [0.1, 0.15) is 56.3 Å². The molecular formula is C18H26O4. The Morgan fingerprint density at radius 2 is 2.14 bits per heavy atom. The predicted molar refractivity (Wildman–Crippen MR) is 85.5 cm³/mol. The lowest BCUT2D eigenvalue weighted by Crippen LogP contribution is -2.25. The maximum absolute atomic E-state index is 10.1. The molecule has 2 rings (SSSR count). The van der Waals surface area contributed by atoms with Crippen LogP contribution in [0, 0.1) is 0 Å². The first kappa shape index (κ1) is 17.0. The number of phenols is 1. The molecule has 1 aromatic rings. The molecule has 22 heavy (non-hydrogen) atoms. The van der Waals surface area contributed by atoms with Gasteiger partial charge in [-0.05, 0) is 24.5 Å². The average Bonchev–Trinajstić information content (AvgIpc) is 2.91. The minimum absolute atomic E-state index is 0.228. The minimum atomic E-state index is -0.883. The molecule has 0 aromatic heterocycles. The highest BCUT2D eigenvalue weighted by atomic mass is 16.5. The van der Waals surface area contributed by atoms with Crippen molar-refractivity contribution in [3.63, 3.8) is 0 Å². The van der Waals surface area contributed by atoms with Crippen LogP contribution in [0.25, 0.3) is 0 Å². The van der Waals surface area contributed by atoms with Crippen molar-refractivity contribution in [2.24, 2.45) is 0 Å². The lowest BCUT2D eigenvalue weighted by Gasteiger charge is -2.19. The number of fused-ring (bicyclic) bond motifs is 1. The summed E-state index contributed by atoms with van der Waals surface area (Å²) in [5.74, 6) is 0.228. The molecule has 0 saturated heterocycles. The zero-order valence-electron chi connectivity index (χ0n) is 13.1. The quantitative estimate of drug-likeness (QED) is 0.509. The van der Waals surface area contributed by atoms with Crippen LogP contribution in [0.2, 0.25) is 0 Å². The molecule has 0 aliphatic carbocycles. The number of phenolic OH excluding ortho intramolecular Hbond substituents is 1. The van der Waals surface area contributed by atoms with E-state index < -0.39 is 12.2 Å². The second kappa shape index (κ2) is 8.32. The minimum Gasteiger partial charge on any atom is -0.508 e. The summed E-state index contributed by atoms with van der Waals surface area (Å²) in [7, 11) is 0. The Morgan fingerprint density at radius 1 is 1.32 bits per heavy atom. The number of aliphatic hydroxyl groups is 2. The van der Waals surface area contributed by atoms with E-state index in [1.165, 1.54) is 12.8 Å². The summed E-state index contributed by atoms with van der Waals surface area (Å²) in [6.45, 7) is 2.50. The van der Waals surface area contributed by atoms with Gasteiger partial charge in [0.05, 0.1) is 24.9 Å². The molecule has 0 bridgehead atoms. The summed E-state index contributed by atoms with van der Waals surface area (Å²) >= 11 is 0. The van der Waals surface area contributed by atoms with Crippen molar-refractivity contribution in [1.82, 2.24) is 0 Å². The van der Waals surface area contributed by atoms with Crippen molar-refractivity contribution in [3.05, 3.63) is 41.5 Å². The second-order valence-electron chi connectivity index (χ2n) is 5.86. The van der Waals surface area contributed by atoms with Crippen molar-refractivity contribution in [1.29, 1.82) is 0 Å². The number of hydrogen-bond donors (Lipinski definition) is 3. The van der Waals surface area contributed by atoms with E-state index in [-0.39, 0.29) is 11.9 Å². The topological polar surface area (TPSA) is 69.9 Å². The molecule has 0 radical (unpaired) electrons.